The highest BCUT2D eigenvalue weighted by atomic mass is 16.7. The summed E-state index contributed by atoms with van der Waals surface area (Å²) in [6.45, 7) is 21.2. The molecule has 3 fully saturated rings. The van der Waals surface area contributed by atoms with E-state index in [9.17, 15) is 24.3 Å². The third-order valence-corrected chi connectivity index (χ3v) is 11.8. The summed E-state index contributed by atoms with van der Waals surface area (Å²) in [4.78, 5) is 51.9. The van der Waals surface area contributed by atoms with Crippen molar-refractivity contribution < 1.29 is 66.9 Å². The van der Waals surface area contributed by atoms with Gasteiger partial charge in [0.05, 0.1) is 30.1 Å². The second kappa shape index (κ2) is 16.6. The molecule has 0 aromatic carbocycles. The highest BCUT2D eigenvalue weighted by Crippen LogP contribution is 2.47. The molecule has 0 aromatic rings. The van der Waals surface area contributed by atoms with Crippen LogP contribution in [0.1, 0.15) is 109 Å². The first-order chi connectivity index (χ1) is 24.6. The summed E-state index contributed by atoms with van der Waals surface area (Å²) in [5.41, 5.74) is -3.41. The van der Waals surface area contributed by atoms with E-state index in [1.807, 2.05) is 34.6 Å². The van der Waals surface area contributed by atoms with Gasteiger partial charge in [0, 0.05) is 38.7 Å². The highest BCUT2D eigenvalue weighted by molar-refractivity contribution is 5.91. The second-order valence-electron chi connectivity index (χ2n) is 16.4. The number of allylic oxidation sites excluding steroid dienone is 1. The predicted molar refractivity (Wildman–Crippen MR) is 189 cm³/mol. The fourth-order valence-electron chi connectivity index (χ4n) is 8.97. The zero-order valence-electron chi connectivity index (χ0n) is 33.7. The molecule has 302 valence electrons. The number of Topliss-reactive ketones (excluding diaryl/α,β-unsaturated/α-hetero) is 1. The molecular formula is C39H62O14. The summed E-state index contributed by atoms with van der Waals surface area (Å²) in [6, 6.07) is 0. The van der Waals surface area contributed by atoms with Crippen molar-refractivity contribution in [2.45, 2.75) is 181 Å². The van der Waals surface area contributed by atoms with Crippen LogP contribution in [0.15, 0.2) is 11.3 Å². The zero-order chi connectivity index (χ0) is 39.8. The summed E-state index contributed by atoms with van der Waals surface area (Å²) in [7, 11) is 1.51. The lowest BCUT2D eigenvalue weighted by atomic mass is 9.79. The van der Waals surface area contributed by atoms with Crippen LogP contribution in [0.2, 0.25) is 0 Å². The maximum Gasteiger partial charge on any atom is 0.311 e. The molecular weight excluding hydrogens is 692 g/mol. The molecule has 1 N–H and O–H groups in total. The molecule has 0 saturated carbocycles. The third-order valence-electron chi connectivity index (χ3n) is 11.8. The number of carbonyl (C=O) groups excluding carboxylic acids is 4. The molecule has 0 aliphatic carbocycles. The molecule has 0 aromatic heterocycles. The van der Waals surface area contributed by atoms with Crippen molar-refractivity contribution >= 4 is 24.2 Å². The summed E-state index contributed by atoms with van der Waals surface area (Å²) in [5, 5.41) is 11.7. The van der Waals surface area contributed by atoms with Crippen molar-refractivity contribution in [1.29, 1.82) is 0 Å². The Bertz CT molecular complexity index is 1380. The van der Waals surface area contributed by atoms with Crippen molar-refractivity contribution in [1.82, 2.24) is 0 Å². The smallest absolute Gasteiger partial charge is 0.311 e. The Hall–Kier alpha value is -2.62. The predicted octanol–water partition coefficient (Wildman–Crippen LogP) is 4.56. The minimum absolute atomic E-state index is 0.109. The van der Waals surface area contributed by atoms with Gasteiger partial charge >= 0.3 is 11.9 Å². The van der Waals surface area contributed by atoms with Crippen LogP contribution in [0, 0.1) is 23.7 Å². The zero-order valence-corrected chi connectivity index (χ0v) is 33.7. The molecule has 10 unspecified atom stereocenters. The van der Waals surface area contributed by atoms with E-state index in [-0.39, 0.29) is 24.9 Å². The molecule has 0 radical (unpaired) electrons. The maximum absolute atomic E-state index is 14.2. The maximum atomic E-state index is 14.2. The van der Waals surface area contributed by atoms with Crippen molar-refractivity contribution in [3.63, 3.8) is 0 Å². The van der Waals surface area contributed by atoms with Crippen LogP contribution in [-0.2, 0) is 61.8 Å². The van der Waals surface area contributed by atoms with Gasteiger partial charge in [0.25, 0.3) is 6.47 Å². The quantitative estimate of drug-likeness (QED) is 0.197. The first-order valence-corrected chi connectivity index (χ1v) is 18.9. The topological polar surface area (TPSA) is 172 Å². The van der Waals surface area contributed by atoms with Crippen LogP contribution in [-0.4, -0.2) is 109 Å². The van der Waals surface area contributed by atoms with Gasteiger partial charge in [-0.3, -0.25) is 19.2 Å². The normalized spacial score (nSPS) is 45.6. The Morgan fingerprint density at radius 2 is 1.66 bits per heavy atom. The van der Waals surface area contributed by atoms with Crippen molar-refractivity contribution in [2.24, 2.45) is 23.7 Å². The molecule has 4 aliphatic heterocycles. The van der Waals surface area contributed by atoms with Crippen LogP contribution < -0.4 is 0 Å². The number of methoxy groups -OCH3 is 1. The van der Waals surface area contributed by atoms with Gasteiger partial charge in [-0.05, 0) is 73.8 Å². The molecule has 4 aliphatic rings. The summed E-state index contributed by atoms with van der Waals surface area (Å²) < 4.78 is 56.1. The Morgan fingerprint density at radius 3 is 2.25 bits per heavy atom. The SMILES string of the molecule is CCC1OC(=O)C(C)C(OC2C[C@@](C)(OC)[C@@H](OC=O)C(C)O2)C(C)[C@@H](OC2OC(C)CC(C)[C@H]2OC(C)=O)C2(C)CC(C)=C(O2)[C@H](C)C(=O)[C@]1(C)O. The van der Waals surface area contributed by atoms with E-state index in [0.717, 1.165) is 5.57 Å². The van der Waals surface area contributed by atoms with E-state index in [4.69, 9.17) is 42.6 Å². The van der Waals surface area contributed by atoms with Gasteiger partial charge < -0.3 is 47.7 Å². The highest BCUT2D eigenvalue weighted by Gasteiger charge is 2.56. The fraction of sp³-hybridized carbons (Fsp3) is 0.846. The average molecular weight is 755 g/mol. The number of hydrogen-bond acceptors (Lipinski definition) is 14. The van der Waals surface area contributed by atoms with Crippen LogP contribution in [0.3, 0.4) is 0 Å². The molecule has 14 nitrogen and oxygen atoms in total. The van der Waals surface area contributed by atoms with Gasteiger partial charge in [-0.1, -0.05) is 20.8 Å². The standard InChI is InChI=1S/C39H62O14/c1-14-27-39(12,44)32(42)22(5)29-20(3)16-38(11,53-29)33(52-36-30(49-26(9)41)19(2)15-21(4)47-36)23(6)31(24(7)35(43)50-27)51-28-17-37(10,45-13)34(46-18-40)25(8)48-28/h18-19,21-25,27-28,30-31,33-34,36,44H,14-17H2,1-13H3/t19?,21?,22-,23?,24?,25?,27?,28?,30+,31?,33+,34-,36?,37+,38?,39+/m0/s1. The minimum Gasteiger partial charge on any atom is -0.488 e. The number of ketones is 1. The van der Waals surface area contributed by atoms with E-state index in [1.165, 1.54) is 21.0 Å². The van der Waals surface area contributed by atoms with Crippen LogP contribution in [0.5, 0.6) is 0 Å². The molecule has 0 amide bonds. The van der Waals surface area contributed by atoms with E-state index in [0.29, 0.717) is 25.1 Å². The molecule has 0 spiro atoms. The second-order valence-corrected chi connectivity index (χ2v) is 16.4. The molecule has 3 saturated heterocycles. The van der Waals surface area contributed by atoms with Gasteiger partial charge in [0.2, 0.25) is 0 Å². The van der Waals surface area contributed by atoms with E-state index in [1.54, 1.807) is 34.6 Å². The number of ether oxygens (including phenoxy) is 9. The largest absolute Gasteiger partial charge is 0.488 e. The van der Waals surface area contributed by atoms with E-state index < -0.39 is 101 Å². The molecule has 4 heterocycles. The monoisotopic (exact) mass is 754 g/mol. The number of cyclic esters (lactones) is 1. The number of aliphatic hydroxyl groups is 1. The van der Waals surface area contributed by atoms with Gasteiger partial charge in [-0.15, -0.1) is 0 Å². The molecule has 16 atom stereocenters. The molecule has 4 rings (SSSR count). The lowest BCUT2D eigenvalue weighted by Crippen LogP contribution is -2.59. The van der Waals surface area contributed by atoms with Crippen molar-refractivity contribution in [3.05, 3.63) is 11.3 Å². The van der Waals surface area contributed by atoms with Crippen LogP contribution >= 0.6 is 0 Å². The molecule has 14 heteroatoms. The van der Waals surface area contributed by atoms with Gasteiger partial charge in [-0.25, -0.2) is 0 Å². The number of hydrogen-bond donors (Lipinski definition) is 1. The molecule has 53 heavy (non-hydrogen) atoms. The molecule has 2 bridgehead atoms. The average Bonchev–Trinajstić information content (AvgIpc) is 3.40. The number of fused-ring (bicyclic) bond motifs is 2. The van der Waals surface area contributed by atoms with E-state index >= 15 is 0 Å². The van der Waals surface area contributed by atoms with Crippen LogP contribution in [0.4, 0.5) is 0 Å². The van der Waals surface area contributed by atoms with Gasteiger partial charge in [0.1, 0.15) is 29.2 Å². The lowest BCUT2D eigenvalue weighted by Gasteiger charge is -2.48. The minimum atomic E-state index is -2.04. The van der Waals surface area contributed by atoms with Gasteiger partial charge in [0.15, 0.2) is 36.2 Å². The third kappa shape index (κ3) is 8.78. The van der Waals surface area contributed by atoms with Gasteiger partial charge in [-0.2, -0.15) is 0 Å². The Kier molecular flexibility index (Phi) is 13.5. The Balaban J connectivity index is 1.86. The summed E-state index contributed by atoms with van der Waals surface area (Å²) >= 11 is 0. The number of esters is 2. The summed E-state index contributed by atoms with van der Waals surface area (Å²) in [5.74, 6) is -4.00. The first-order valence-electron chi connectivity index (χ1n) is 18.9. The van der Waals surface area contributed by atoms with Crippen LogP contribution in [0.25, 0.3) is 0 Å². The van der Waals surface area contributed by atoms with E-state index in [2.05, 4.69) is 0 Å². The van der Waals surface area contributed by atoms with Crippen molar-refractivity contribution in [2.75, 3.05) is 7.11 Å². The number of carbonyl (C=O) groups is 4. The number of rotatable bonds is 9. The Labute approximate surface area is 313 Å². The summed E-state index contributed by atoms with van der Waals surface area (Å²) in [6.07, 6.45) is -6.12. The van der Waals surface area contributed by atoms with Crippen molar-refractivity contribution in [3.8, 4) is 0 Å². The lowest BCUT2D eigenvalue weighted by molar-refractivity contribution is -0.317. The fourth-order valence-corrected chi connectivity index (χ4v) is 8.97. The first kappa shape index (κ1) is 43.1. The Morgan fingerprint density at radius 1 is 1.00 bits per heavy atom.